The van der Waals surface area contributed by atoms with Gasteiger partial charge in [0.2, 0.25) is 5.82 Å². The standard InChI is InChI=1S/C9F12NO4S2.Na/c10-1-2(11)4(13)6(5(14)3(1)12)27(23,24)22-28(25,26)7(15,8(16,17)18)9(19,20)21;/q-1;+1. The topological polar surface area (TPSA) is 82.4 Å². The van der Waals surface area contributed by atoms with Gasteiger partial charge in [0.25, 0.3) is 0 Å². The summed E-state index contributed by atoms with van der Waals surface area (Å²) in [5.41, 5.74) is 0. The first-order valence-electron chi connectivity index (χ1n) is 5.71. The molecule has 0 aliphatic carbocycles. The van der Waals surface area contributed by atoms with Crippen molar-refractivity contribution in [3.63, 3.8) is 0 Å². The van der Waals surface area contributed by atoms with E-state index < -0.39 is 71.4 Å². The van der Waals surface area contributed by atoms with Crippen molar-refractivity contribution < 1.29 is 99.1 Å². The Morgan fingerprint density at radius 2 is 0.862 bits per heavy atom. The van der Waals surface area contributed by atoms with Crippen LogP contribution in [0.1, 0.15) is 0 Å². The number of rotatable bonds is 4. The number of alkyl halides is 7. The predicted octanol–water partition coefficient (Wildman–Crippen LogP) is 0.569. The minimum absolute atomic E-state index is 0. The van der Waals surface area contributed by atoms with E-state index in [2.05, 4.69) is 0 Å². The van der Waals surface area contributed by atoms with Gasteiger partial charge in [0, 0.05) is 0 Å². The minimum atomic E-state index is -7.96. The van der Waals surface area contributed by atoms with Crippen LogP contribution in [0, 0.1) is 29.1 Å². The Kier molecular flexibility index (Phi) is 7.85. The van der Waals surface area contributed by atoms with Gasteiger partial charge >= 0.3 is 46.9 Å². The number of sulfonamides is 2. The first-order chi connectivity index (χ1) is 12.1. The summed E-state index contributed by atoms with van der Waals surface area (Å²) in [6.07, 6.45) is -14.8. The van der Waals surface area contributed by atoms with Crippen molar-refractivity contribution in [1.82, 2.24) is 0 Å². The average Bonchev–Trinajstić information content (AvgIpc) is 2.46. The molecule has 0 aliphatic heterocycles. The van der Waals surface area contributed by atoms with Crippen LogP contribution in [0.3, 0.4) is 0 Å². The third-order valence-corrected chi connectivity index (χ3v) is 6.33. The van der Waals surface area contributed by atoms with E-state index in [1.54, 1.807) is 0 Å². The Morgan fingerprint density at radius 1 is 0.586 bits per heavy atom. The van der Waals surface area contributed by atoms with Crippen LogP contribution in [-0.2, 0) is 20.0 Å². The van der Waals surface area contributed by atoms with Gasteiger partial charge in [-0.1, -0.05) is 0 Å². The molecule has 0 heterocycles. The number of halogens is 12. The summed E-state index contributed by atoms with van der Waals surface area (Å²) in [5.74, 6) is -15.9. The molecular weight excluding hydrogens is 501 g/mol. The van der Waals surface area contributed by atoms with Gasteiger partial charge < -0.3 is 4.13 Å². The quantitative estimate of drug-likeness (QED) is 0.262. The Labute approximate surface area is 174 Å². The van der Waals surface area contributed by atoms with Crippen molar-refractivity contribution in [3.8, 4) is 0 Å². The molecule has 29 heavy (non-hydrogen) atoms. The van der Waals surface area contributed by atoms with Gasteiger partial charge in [0.15, 0.2) is 23.3 Å². The molecule has 0 atom stereocenters. The zero-order valence-corrected chi connectivity index (χ0v) is 16.6. The van der Waals surface area contributed by atoms with Gasteiger partial charge in [0.1, 0.15) is 24.9 Å². The molecule has 0 amide bonds. The molecule has 0 spiro atoms. The van der Waals surface area contributed by atoms with Crippen LogP contribution >= 0.6 is 0 Å². The van der Waals surface area contributed by atoms with Gasteiger partial charge in [-0.15, -0.1) is 0 Å². The normalized spacial score (nSPS) is 13.9. The molecule has 1 aromatic carbocycles. The zero-order chi connectivity index (χ0) is 22.7. The summed E-state index contributed by atoms with van der Waals surface area (Å²) in [4.78, 5) is -3.22. The molecule has 0 fully saturated rings. The fourth-order valence-electron chi connectivity index (χ4n) is 1.48. The molecule has 0 N–H and O–H groups in total. The molecule has 162 valence electrons. The Balaban J connectivity index is 0.00000784. The van der Waals surface area contributed by atoms with E-state index in [0.29, 0.717) is 0 Å². The largest absolute Gasteiger partial charge is 1.00 e. The number of hydrogen-bond acceptors (Lipinski definition) is 4. The van der Waals surface area contributed by atoms with E-state index in [1.807, 2.05) is 0 Å². The summed E-state index contributed by atoms with van der Waals surface area (Å²) in [6, 6.07) is 0. The van der Waals surface area contributed by atoms with Crippen molar-refractivity contribution >= 4 is 20.0 Å². The Hall–Kier alpha value is -0.760. The zero-order valence-electron chi connectivity index (χ0n) is 12.9. The van der Waals surface area contributed by atoms with Gasteiger partial charge in [0.05, 0.1) is 0 Å². The number of benzene rings is 1. The summed E-state index contributed by atoms with van der Waals surface area (Å²) in [7, 11) is -15.0. The van der Waals surface area contributed by atoms with Crippen molar-refractivity contribution in [2.75, 3.05) is 0 Å². The molecule has 20 heteroatoms. The maximum absolute atomic E-state index is 13.5. The molecule has 5 nitrogen and oxygen atoms in total. The summed E-state index contributed by atoms with van der Waals surface area (Å²) in [6.45, 7) is 0. The second-order valence-corrected chi connectivity index (χ2v) is 7.98. The van der Waals surface area contributed by atoms with Crippen LogP contribution in [0.5, 0.6) is 0 Å². The fraction of sp³-hybridized carbons (Fsp3) is 0.333. The number of nitrogens with zero attached hydrogens (tertiary/aromatic N) is 1. The fourth-order valence-corrected chi connectivity index (χ4v) is 4.44. The molecule has 0 aliphatic rings. The average molecular weight is 501 g/mol. The minimum Gasteiger partial charge on any atom is -0.428 e. The molecule has 1 aromatic rings. The second kappa shape index (κ2) is 8.06. The molecule has 0 radical (unpaired) electrons. The molecule has 0 aromatic heterocycles. The third kappa shape index (κ3) is 4.48. The van der Waals surface area contributed by atoms with Gasteiger partial charge in [-0.3, -0.25) is 0 Å². The molecule has 0 unspecified atom stereocenters. The number of hydrogen-bond donors (Lipinski definition) is 0. The SMILES string of the molecule is O=S(=O)([N-]S(=O)(=O)C(F)(C(F)(F)F)C(F)(F)F)c1c(F)c(F)c(F)c(F)c1F.[Na+]. The van der Waals surface area contributed by atoms with Crippen LogP contribution in [0.2, 0.25) is 0 Å². The van der Waals surface area contributed by atoms with Crippen molar-refractivity contribution in [3.05, 3.63) is 33.2 Å². The van der Waals surface area contributed by atoms with Crippen LogP contribution in [-0.4, -0.2) is 34.2 Å². The van der Waals surface area contributed by atoms with Gasteiger partial charge in [-0.2, -0.15) is 26.3 Å². The van der Waals surface area contributed by atoms with E-state index in [0.717, 1.165) is 4.13 Å². The molecule has 0 bridgehead atoms. The Bertz CT molecular complexity index is 974. The summed E-state index contributed by atoms with van der Waals surface area (Å²) in [5, 5.41) is -7.40. The smallest absolute Gasteiger partial charge is 0.428 e. The van der Waals surface area contributed by atoms with E-state index in [-0.39, 0.29) is 29.6 Å². The third-order valence-electron chi connectivity index (χ3n) is 2.71. The summed E-state index contributed by atoms with van der Waals surface area (Å²) < 4.78 is 199. The maximum atomic E-state index is 13.5. The van der Waals surface area contributed by atoms with Crippen LogP contribution < -0.4 is 29.6 Å². The van der Waals surface area contributed by atoms with E-state index in [4.69, 9.17) is 0 Å². The van der Waals surface area contributed by atoms with Crippen molar-refractivity contribution in [2.45, 2.75) is 22.2 Å². The van der Waals surface area contributed by atoms with E-state index in [9.17, 15) is 69.5 Å². The second-order valence-electron chi connectivity index (χ2n) is 4.51. The first kappa shape index (κ1) is 28.2. The Morgan fingerprint density at radius 3 is 1.14 bits per heavy atom. The monoisotopic (exact) mass is 501 g/mol. The first-order valence-corrected chi connectivity index (χ1v) is 8.59. The van der Waals surface area contributed by atoms with E-state index >= 15 is 0 Å². The molecular formula is C9F12NNaO4S2. The van der Waals surface area contributed by atoms with Gasteiger partial charge in [-0.05, 0) is 0 Å². The molecule has 0 saturated carbocycles. The molecule has 1 rings (SSSR count). The summed E-state index contributed by atoms with van der Waals surface area (Å²) >= 11 is 0. The van der Waals surface area contributed by atoms with Crippen LogP contribution in [0.25, 0.3) is 4.13 Å². The van der Waals surface area contributed by atoms with Crippen LogP contribution in [0.15, 0.2) is 4.90 Å². The maximum Gasteiger partial charge on any atom is 1.00 e. The van der Waals surface area contributed by atoms with Crippen molar-refractivity contribution in [1.29, 1.82) is 0 Å². The van der Waals surface area contributed by atoms with Crippen LogP contribution in [0.4, 0.5) is 52.7 Å². The van der Waals surface area contributed by atoms with E-state index in [1.165, 1.54) is 0 Å². The van der Waals surface area contributed by atoms with Gasteiger partial charge in [-0.25, -0.2) is 43.2 Å². The predicted molar refractivity (Wildman–Crippen MR) is 61.6 cm³/mol. The van der Waals surface area contributed by atoms with Crippen molar-refractivity contribution in [2.24, 2.45) is 0 Å². The molecule has 0 saturated heterocycles.